The van der Waals surface area contributed by atoms with Gasteiger partial charge in [0, 0.05) is 22.3 Å². The van der Waals surface area contributed by atoms with Crippen molar-refractivity contribution in [1.29, 1.82) is 0 Å². The normalized spacial score (nSPS) is 12.6. The highest BCUT2D eigenvalue weighted by Crippen LogP contribution is 2.30. The number of hydrogen-bond acceptors (Lipinski definition) is 5. The molecule has 0 bridgehead atoms. The van der Waals surface area contributed by atoms with Crippen LogP contribution in [0.25, 0.3) is 11.3 Å². The largest absolute Gasteiger partial charge is 0.493 e. The molecule has 0 saturated heterocycles. The highest BCUT2D eigenvalue weighted by Gasteiger charge is 2.26. The standard InChI is InChI=1S/C19H12BrN3O4S/c1-9(24)21-11-3-5-12(6-4-11)23-18(26)16(28-19(23)27)15-13-8-10(20)2-7-14(13)22-17(15)25/h2-8,26H,1H3,(H,21,24). The molecule has 1 aliphatic rings. The second-order valence-corrected chi connectivity index (χ2v) is 7.91. The predicted octanol–water partition coefficient (Wildman–Crippen LogP) is 1.68. The van der Waals surface area contributed by atoms with Gasteiger partial charge in [0.1, 0.15) is 4.88 Å². The Morgan fingerprint density at radius 2 is 1.89 bits per heavy atom. The Labute approximate surface area is 170 Å². The van der Waals surface area contributed by atoms with Gasteiger partial charge in [-0.15, -0.1) is 0 Å². The summed E-state index contributed by atoms with van der Waals surface area (Å²) in [5, 5.41) is 14.4. The summed E-state index contributed by atoms with van der Waals surface area (Å²) in [6.07, 6.45) is 0. The number of benzene rings is 2. The van der Waals surface area contributed by atoms with Crippen LogP contribution in [0.1, 0.15) is 11.8 Å². The van der Waals surface area contributed by atoms with Gasteiger partial charge in [0.25, 0.3) is 5.91 Å². The number of halogens is 1. The van der Waals surface area contributed by atoms with E-state index in [1.54, 1.807) is 42.5 Å². The third-order valence-electron chi connectivity index (χ3n) is 4.12. The number of amides is 2. The Bertz CT molecular complexity index is 1320. The first-order valence-electron chi connectivity index (χ1n) is 8.11. The summed E-state index contributed by atoms with van der Waals surface area (Å²) in [5.41, 5.74) is 1.18. The molecule has 0 unspecified atom stereocenters. The predicted molar refractivity (Wildman–Crippen MR) is 108 cm³/mol. The molecule has 140 valence electrons. The number of aromatic hydroxyl groups is 1. The first-order valence-corrected chi connectivity index (χ1v) is 9.72. The number of nitrogens with zero attached hydrogens (tertiary/aromatic N) is 2. The summed E-state index contributed by atoms with van der Waals surface area (Å²) >= 11 is 4.14. The number of aromatic nitrogens is 1. The molecule has 1 aliphatic heterocycles. The van der Waals surface area contributed by atoms with Gasteiger partial charge in [-0.3, -0.25) is 14.4 Å². The van der Waals surface area contributed by atoms with Crippen LogP contribution in [0.4, 0.5) is 5.69 Å². The van der Waals surface area contributed by atoms with E-state index in [0.29, 0.717) is 22.0 Å². The Balaban J connectivity index is 1.87. The van der Waals surface area contributed by atoms with E-state index >= 15 is 0 Å². The van der Waals surface area contributed by atoms with Gasteiger partial charge in [0.2, 0.25) is 11.8 Å². The third-order valence-corrected chi connectivity index (χ3v) is 5.56. The minimum Gasteiger partial charge on any atom is -0.493 e. The Hall–Kier alpha value is -3.04. The molecule has 2 amide bonds. The van der Waals surface area contributed by atoms with Gasteiger partial charge in [0.05, 0.1) is 16.6 Å². The number of carbonyl (C=O) groups excluding carboxylic acids is 2. The topological polar surface area (TPSA) is 101 Å². The quantitative estimate of drug-likeness (QED) is 0.624. The van der Waals surface area contributed by atoms with Gasteiger partial charge in [-0.1, -0.05) is 27.3 Å². The van der Waals surface area contributed by atoms with Crippen molar-refractivity contribution in [3.05, 3.63) is 72.1 Å². The molecule has 0 radical (unpaired) electrons. The molecule has 0 atom stereocenters. The lowest BCUT2D eigenvalue weighted by atomic mass is 10.1. The summed E-state index contributed by atoms with van der Waals surface area (Å²) < 4.78 is 1.88. The maximum atomic E-state index is 12.6. The first kappa shape index (κ1) is 18.3. The highest BCUT2D eigenvalue weighted by molar-refractivity contribution is 9.10. The van der Waals surface area contributed by atoms with Gasteiger partial charge in [-0.05, 0) is 42.5 Å². The lowest BCUT2D eigenvalue weighted by Crippen LogP contribution is -2.22. The molecule has 2 heterocycles. The number of anilines is 1. The second-order valence-electron chi connectivity index (χ2n) is 6.04. The fourth-order valence-corrected chi connectivity index (χ4v) is 4.26. The number of carbonyl (C=O) groups is 2. The molecule has 0 spiro atoms. The van der Waals surface area contributed by atoms with Crippen molar-refractivity contribution in [1.82, 2.24) is 4.57 Å². The van der Waals surface area contributed by atoms with Crippen molar-refractivity contribution in [3.63, 3.8) is 0 Å². The fourth-order valence-electron chi connectivity index (χ4n) is 2.96. The van der Waals surface area contributed by atoms with Crippen LogP contribution in [-0.2, 0) is 9.59 Å². The van der Waals surface area contributed by atoms with E-state index in [2.05, 4.69) is 26.2 Å². The van der Waals surface area contributed by atoms with Crippen LogP contribution in [0.15, 0.2) is 56.7 Å². The van der Waals surface area contributed by atoms with E-state index in [1.807, 2.05) is 0 Å². The monoisotopic (exact) mass is 457 g/mol. The Morgan fingerprint density at radius 3 is 2.57 bits per heavy atom. The molecular formula is C19H12BrN3O4S. The fraction of sp³-hybridized carbons (Fsp3) is 0.0526. The molecule has 3 aromatic rings. The molecule has 0 saturated carbocycles. The van der Waals surface area contributed by atoms with Crippen LogP contribution < -0.4 is 20.8 Å². The van der Waals surface area contributed by atoms with E-state index in [9.17, 15) is 19.5 Å². The van der Waals surface area contributed by atoms with Crippen molar-refractivity contribution in [2.24, 2.45) is 4.99 Å². The number of hydrogen-bond donors (Lipinski definition) is 2. The molecule has 0 fully saturated rings. The lowest BCUT2D eigenvalue weighted by molar-refractivity contribution is -0.114. The molecule has 2 aromatic carbocycles. The Kier molecular flexibility index (Phi) is 4.48. The number of rotatable bonds is 3. The van der Waals surface area contributed by atoms with Gasteiger partial charge in [0.15, 0.2) is 0 Å². The molecule has 28 heavy (non-hydrogen) atoms. The maximum absolute atomic E-state index is 12.6. The van der Waals surface area contributed by atoms with Crippen molar-refractivity contribution >= 4 is 50.3 Å². The van der Waals surface area contributed by atoms with Gasteiger partial charge < -0.3 is 10.4 Å². The van der Waals surface area contributed by atoms with E-state index in [0.717, 1.165) is 20.4 Å². The van der Waals surface area contributed by atoms with Crippen LogP contribution in [0, 0.1) is 0 Å². The molecule has 2 N–H and O–H groups in total. The average molecular weight is 458 g/mol. The average Bonchev–Trinajstić information content (AvgIpc) is 3.10. The van der Waals surface area contributed by atoms with Crippen molar-refractivity contribution in [2.75, 3.05) is 5.32 Å². The summed E-state index contributed by atoms with van der Waals surface area (Å²) in [6.45, 7) is 1.40. The van der Waals surface area contributed by atoms with E-state index in [1.165, 1.54) is 6.92 Å². The van der Waals surface area contributed by atoms with Crippen molar-refractivity contribution < 1.29 is 14.7 Å². The zero-order chi connectivity index (χ0) is 20.0. The zero-order valence-corrected chi connectivity index (χ0v) is 16.8. The van der Waals surface area contributed by atoms with Crippen LogP contribution in [-0.4, -0.2) is 21.5 Å². The summed E-state index contributed by atoms with van der Waals surface area (Å²) in [6, 6.07) is 11.6. The summed E-state index contributed by atoms with van der Waals surface area (Å²) in [4.78, 5) is 39.8. The van der Waals surface area contributed by atoms with Crippen LogP contribution in [0.3, 0.4) is 0 Å². The first-order chi connectivity index (χ1) is 13.3. The number of thiazole rings is 1. The molecule has 9 heteroatoms. The van der Waals surface area contributed by atoms with E-state index in [-0.39, 0.29) is 22.2 Å². The molecule has 1 aromatic heterocycles. The molecule has 0 aliphatic carbocycles. The van der Waals surface area contributed by atoms with E-state index in [4.69, 9.17) is 0 Å². The van der Waals surface area contributed by atoms with Crippen LogP contribution in [0.2, 0.25) is 0 Å². The minimum atomic E-state index is -0.502. The SMILES string of the molecule is CC(=O)Nc1ccc(-n2c(O)c(C3=c4cc(Br)ccc4=NC3=O)sc2=O)cc1. The molecule has 7 nitrogen and oxygen atoms in total. The summed E-state index contributed by atoms with van der Waals surface area (Å²) in [5.74, 6) is -1.04. The smallest absolute Gasteiger partial charge is 0.315 e. The number of nitrogens with one attached hydrogen (secondary N) is 1. The Morgan fingerprint density at radius 1 is 1.18 bits per heavy atom. The van der Waals surface area contributed by atoms with Gasteiger partial charge in [-0.2, -0.15) is 0 Å². The summed E-state index contributed by atoms with van der Waals surface area (Å²) in [7, 11) is 0. The minimum absolute atomic E-state index is 0.168. The van der Waals surface area contributed by atoms with Gasteiger partial charge in [-0.25, -0.2) is 9.56 Å². The molecular weight excluding hydrogens is 446 g/mol. The van der Waals surface area contributed by atoms with Crippen molar-refractivity contribution in [3.8, 4) is 11.6 Å². The lowest BCUT2D eigenvalue weighted by Gasteiger charge is -2.06. The number of fused-ring (bicyclic) bond motifs is 1. The van der Waals surface area contributed by atoms with Crippen LogP contribution >= 0.6 is 27.3 Å². The van der Waals surface area contributed by atoms with E-state index < -0.39 is 10.8 Å². The highest BCUT2D eigenvalue weighted by atomic mass is 79.9. The zero-order valence-electron chi connectivity index (χ0n) is 14.4. The molecule has 4 rings (SSSR count). The maximum Gasteiger partial charge on any atom is 0.315 e. The third kappa shape index (κ3) is 3.08. The van der Waals surface area contributed by atoms with Gasteiger partial charge >= 0.3 is 4.87 Å². The van der Waals surface area contributed by atoms with Crippen molar-refractivity contribution in [2.45, 2.75) is 6.92 Å². The second kappa shape index (κ2) is 6.84. The van der Waals surface area contributed by atoms with Crippen LogP contribution in [0.5, 0.6) is 5.88 Å².